The van der Waals surface area contributed by atoms with Crippen molar-refractivity contribution in [3.8, 4) is 17.9 Å². The minimum Gasteiger partial charge on any atom is -0.493 e. The van der Waals surface area contributed by atoms with Crippen molar-refractivity contribution in [2.75, 3.05) is 6.61 Å². The van der Waals surface area contributed by atoms with Crippen molar-refractivity contribution >= 4 is 6.08 Å². The van der Waals surface area contributed by atoms with E-state index in [0.29, 0.717) is 6.61 Å². The van der Waals surface area contributed by atoms with Gasteiger partial charge in [-0.3, -0.25) is 0 Å². The van der Waals surface area contributed by atoms with Crippen LogP contribution < -0.4 is 4.74 Å². The van der Waals surface area contributed by atoms with Gasteiger partial charge < -0.3 is 4.74 Å². The fraction of sp³-hybridized carbons (Fsp3) is 0.286. The van der Waals surface area contributed by atoms with Crippen molar-refractivity contribution in [1.29, 1.82) is 10.5 Å². The molecule has 98 valence electrons. The number of hydrogen-bond acceptors (Lipinski definition) is 3. The number of rotatable bonds is 5. The number of allylic oxidation sites excluding steroid dienone is 1. The third kappa shape index (κ3) is 4.08. The first-order valence-electron chi connectivity index (χ1n) is 5.76. The zero-order valence-corrected chi connectivity index (χ0v) is 10.4. The Hall–Kier alpha value is -2.40. The average molecular weight is 262 g/mol. The molecule has 0 atom stereocenters. The van der Waals surface area contributed by atoms with E-state index in [4.69, 9.17) is 15.3 Å². The van der Waals surface area contributed by atoms with Gasteiger partial charge in [0.15, 0.2) is 0 Å². The predicted octanol–water partition coefficient (Wildman–Crippen LogP) is 3.57. The molecule has 0 aliphatic heterocycles. The molecule has 0 saturated heterocycles. The van der Waals surface area contributed by atoms with Gasteiger partial charge >= 0.3 is 0 Å². The Balaban J connectivity index is 3.02. The van der Waals surface area contributed by atoms with Crippen LogP contribution in [0.25, 0.3) is 6.08 Å². The minimum absolute atomic E-state index is 0.0936. The standard InChI is InChI=1S/C14H12F2N2O/c1-2-3-4-19-11-6-13(15)12(14(16)7-11)5-10(8-17)9-18/h5-7H,2-4H2,1H3. The fourth-order valence-electron chi connectivity index (χ4n) is 1.35. The maximum absolute atomic E-state index is 13.7. The Morgan fingerprint density at radius 2 is 1.84 bits per heavy atom. The molecule has 19 heavy (non-hydrogen) atoms. The summed E-state index contributed by atoms with van der Waals surface area (Å²) >= 11 is 0. The number of hydrogen-bond donors (Lipinski definition) is 0. The van der Waals surface area contributed by atoms with Gasteiger partial charge in [0, 0.05) is 17.7 Å². The van der Waals surface area contributed by atoms with Crippen LogP contribution in [0.1, 0.15) is 25.3 Å². The van der Waals surface area contributed by atoms with Crippen LogP contribution in [-0.2, 0) is 0 Å². The highest BCUT2D eigenvalue weighted by atomic mass is 19.1. The van der Waals surface area contributed by atoms with E-state index in [1.54, 1.807) is 12.1 Å². The second-order valence-corrected chi connectivity index (χ2v) is 3.78. The van der Waals surface area contributed by atoms with Crippen molar-refractivity contribution in [2.45, 2.75) is 19.8 Å². The number of ether oxygens (including phenoxy) is 1. The maximum atomic E-state index is 13.7. The lowest BCUT2D eigenvalue weighted by Gasteiger charge is -2.07. The molecule has 3 nitrogen and oxygen atoms in total. The molecule has 0 heterocycles. The number of halogens is 2. The van der Waals surface area contributed by atoms with E-state index in [9.17, 15) is 8.78 Å². The van der Waals surface area contributed by atoms with E-state index in [1.165, 1.54) is 0 Å². The van der Waals surface area contributed by atoms with Gasteiger partial charge in [0.2, 0.25) is 0 Å². The van der Waals surface area contributed by atoms with Crippen molar-refractivity contribution in [3.05, 3.63) is 34.9 Å². The molecule has 5 heteroatoms. The summed E-state index contributed by atoms with van der Waals surface area (Å²) in [6.07, 6.45) is 2.58. The molecule has 0 radical (unpaired) electrons. The number of unbranched alkanes of at least 4 members (excludes halogenated alkanes) is 1. The van der Waals surface area contributed by atoms with Crippen LogP contribution in [0.5, 0.6) is 5.75 Å². The first kappa shape index (κ1) is 14.7. The molecule has 0 spiro atoms. The molecular weight excluding hydrogens is 250 g/mol. The molecule has 0 saturated carbocycles. The molecule has 1 aromatic carbocycles. The Kier molecular flexibility index (Phi) is 5.50. The van der Waals surface area contributed by atoms with Crippen LogP contribution in [0.15, 0.2) is 17.7 Å². The Bertz CT molecular complexity index is 529. The lowest BCUT2D eigenvalue weighted by molar-refractivity contribution is 0.306. The first-order valence-corrected chi connectivity index (χ1v) is 5.76. The normalized spacial score (nSPS) is 9.32. The monoisotopic (exact) mass is 262 g/mol. The molecule has 0 aromatic heterocycles. The van der Waals surface area contributed by atoms with E-state index in [-0.39, 0.29) is 11.3 Å². The van der Waals surface area contributed by atoms with Crippen molar-refractivity contribution in [3.63, 3.8) is 0 Å². The smallest absolute Gasteiger partial charge is 0.137 e. The molecule has 0 amide bonds. The van der Waals surface area contributed by atoms with Gasteiger partial charge in [0.25, 0.3) is 0 Å². The van der Waals surface area contributed by atoms with E-state index >= 15 is 0 Å². The summed E-state index contributed by atoms with van der Waals surface area (Å²) in [5.41, 5.74) is -0.779. The third-order valence-corrected chi connectivity index (χ3v) is 2.35. The largest absolute Gasteiger partial charge is 0.493 e. The maximum Gasteiger partial charge on any atom is 0.137 e. The van der Waals surface area contributed by atoms with Crippen molar-refractivity contribution in [1.82, 2.24) is 0 Å². The fourth-order valence-corrected chi connectivity index (χ4v) is 1.35. The second kappa shape index (κ2) is 7.13. The SMILES string of the molecule is CCCCOc1cc(F)c(C=C(C#N)C#N)c(F)c1. The number of benzene rings is 1. The summed E-state index contributed by atoms with van der Waals surface area (Å²) in [7, 11) is 0. The summed E-state index contributed by atoms with van der Waals surface area (Å²) in [5.74, 6) is -1.64. The van der Waals surface area contributed by atoms with Crippen LogP contribution in [0.2, 0.25) is 0 Å². The van der Waals surface area contributed by atoms with Crippen molar-refractivity contribution < 1.29 is 13.5 Å². The Morgan fingerprint density at radius 3 is 2.32 bits per heavy atom. The summed E-state index contributed by atoms with van der Waals surface area (Å²) in [6, 6.07) is 5.17. The van der Waals surface area contributed by atoms with Gasteiger partial charge in [0.05, 0.1) is 6.61 Å². The zero-order chi connectivity index (χ0) is 14.3. The van der Waals surface area contributed by atoms with Gasteiger partial charge in [-0.05, 0) is 12.5 Å². The highest BCUT2D eigenvalue weighted by Gasteiger charge is 2.11. The van der Waals surface area contributed by atoms with Crippen LogP contribution >= 0.6 is 0 Å². The average Bonchev–Trinajstić information content (AvgIpc) is 2.39. The van der Waals surface area contributed by atoms with Gasteiger partial charge in [-0.25, -0.2) is 8.78 Å². The summed E-state index contributed by atoms with van der Waals surface area (Å²) in [5, 5.41) is 17.1. The van der Waals surface area contributed by atoms with E-state index in [1.807, 2.05) is 6.92 Å². The summed E-state index contributed by atoms with van der Waals surface area (Å²) in [4.78, 5) is 0. The highest BCUT2D eigenvalue weighted by Crippen LogP contribution is 2.23. The molecule has 0 unspecified atom stereocenters. The lowest BCUT2D eigenvalue weighted by Crippen LogP contribution is -1.99. The number of nitriles is 2. The van der Waals surface area contributed by atoms with Crippen LogP contribution in [0.4, 0.5) is 8.78 Å². The number of nitrogens with zero attached hydrogens (tertiary/aromatic N) is 2. The molecule has 0 N–H and O–H groups in total. The molecule has 1 rings (SSSR count). The second-order valence-electron chi connectivity index (χ2n) is 3.78. The molecule has 0 aliphatic rings. The lowest BCUT2D eigenvalue weighted by atomic mass is 10.1. The Labute approximate surface area is 110 Å². The summed E-state index contributed by atoms with van der Waals surface area (Å²) < 4.78 is 32.5. The summed E-state index contributed by atoms with van der Waals surface area (Å²) in [6.45, 7) is 2.36. The van der Waals surface area contributed by atoms with Crippen LogP contribution in [0.3, 0.4) is 0 Å². The van der Waals surface area contributed by atoms with Gasteiger partial charge in [-0.15, -0.1) is 0 Å². The van der Waals surface area contributed by atoms with E-state index in [2.05, 4.69) is 0 Å². The van der Waals surface area contributed by atoms with E-state index < -0.39 is 17.2 Å². The zero-order valence-electron chi connectivity index (χ0n) is 10.4. The van der Waals surface area contributed by atoms with Crippen LogP contribution in [-0.4, -0.2) is 6.61 Å². The first-order chi connectivity index (χ1) is 9.12. The predicted molar refractivity (Wildman–Crippen MR) is 66.0 cm³/mol. The molecule has 0 fully saturated rings. The third-order valence-electron chi connectivity index (χ3n) is 2.35. The van der Waals surface area contributed by atoms with Crippen molar-refractivity contribution in [2.24, 2.45) is 0 Å². The van der Waals surface area contributed by atoms with Gasteiger partial charge in [0.1, 0.15) is 35.1 Å². The van der Waals surface area contributed by atoms with Gasteiger partial charge in [-0.1, -0.05) is 13.3 Å². The molecule has 0 aliphatic carbocycles. The quantitative estimate of drug-likeness (QED) is 0.602. The Morgan fingerprint density at radius 1 is 1.26 bits per heavy atom. The van der Waals surface area contributed by atoms with Crippen LogP contribution in [0, 0.1) is 34.3 Å². The molecule has 1 aromatic rings. The van der Waals surface area contributed by atoms with Gasteiger partial charge in [-0.2, -0.15) is 10.5 Å². The topological polar surface area (TPSA) is 56.8 Å². The minimum atomic E-state index is -0.866. The molecule has 0 bridgehead atoms. The van der Waals surface area contributed by atoms with E-state index in [0.717, 1.165) is 31.1 Å². The highest BCUT2D eigenvalue weighted by molar-refractivity contribution is 5.63. The molecular formula is C14H12F2N2O.